The van der Waals surface area contributed by atoms with E-state index in [1.807, 2.05) is 12.1 Å². The van der Waals surface area contributed by atoms with E-state index in [4.69, 9.17) is 9.15 Å². The smallest absolute Gasteiger partial charge is 0.342 e. The van der Waals surface area contributed by atoms with Crippen LogP contribution in [0.15, 0.2) is 39.5 Å². The molecule has 0 atom stereocenters. The summed E-state index contributed by atoms with van der Waals surface area (Å²) in [5.41, 5.74) is 0.396. The van der Waals surface area contributed by atoms with Crippen LogP contribution in [0.25, 0.3) is 11.0 Å². The summed E-state index contributed by atoms with van der Waals surface area (Å²) in [7, 11) is 0. The van der Waals surface area contributed by atoms with Crippen LogP contribution in [-0.2, 0) is 16.1 Å². The van der Waals surface area contributed by atoms with Gasteiger partial charge < -0.3 is 9.15 Å². The summed E-state index contributed by atoms with van der Waals surface area (Å²) < 4.78 is 9.84. The number of esters is 1. The number of para-hydroxylation sites is 1. The summed E-state index contributed by atoms with van der Waals surface area (Å²) in [6.07, 6.45) is 0. The molecule has 0 saturated carbocycles. The number of rotatable bonds is 2. The first-order valence-corrected chi connectivity index (χ1v) is 4.82. The van der Waals surface area contributed by atoms with Crippen LogP contribution in [0.4, 0.5) is 0 Å². The van der Waals surface area contributed by atoms with E-state index in [1.165, 1.54) is 6.92 Å². The molecule has 1 aromatic carbocycles. The SMILES string of the molecule is CC(=O)OCc1cc2ccccc2oc1=O. The maximum absolute atomic E-state index is 11.5. The van der Waals surface area contributed by atoms with Crippen molar-refractivity contribution >= 4 is 16.9 Å². The lowest BCUT2D eigenvalue weighted by Gasteiger charge is -2.02. The summed E-state index contributed by atoms with van der Waals surface area (Å²) in [6, 6.07) is 8.85. The third-order valence-electron chi connectivity index (χ3n) is 2.14. The highest BCUT2D eigenvalue weighted by Gasteiger charge is 2.06. The molecule has 0 aliphatic heterocycles. The van der Waals surface area contributed by atoms with Crippen LogP contribution in [0.1, 0.15) is 12.5 Å². The van der Waals surface area contributed by atoms with E-state index in [9.17, 15) is 9.59 Å². The van der Waals surface area contributed by atoms with Crippen molar-refractivity contribution in [2.45, 2.75) is 13.5 Å². The molecule has 0 fully saturated rings. The van der Waals surface area contributed by atoms with Gasteiger partial charge in [-0.25, -0.2) is 4.79 Å². The van der Waals surface area contributed by atoms with E-state index in [-0.39, 0.29) is 6.61 Å². The Morgan fingerprint density at radius 2 is 2.12 bits per heavy atom. The van der Waals surface area contributed by atoms with Crippen LogP contribution in [0.5, 0.6) is 0 Å². The number of carbonyl (C=O) groups excluding carboxylic acids is 1. The highest BCUT2D eigenvalue weighted by molar-refractivity contribution is 5.76. The molecule has 2 aromatic rings. The number of ether oxygens (including phenoxy) is 1. The number of hydrogen-bond acceptors (Lipinski definition) is 4. The van der Waals surface area contributed by atoms with Crippen molar-refractivity contribution < 1.29 is 13.9 Å². The van der Waals surface area contributed by atoms with Crippen molar-refractivity contribution in [2.75, 3.05) is 0 Å². The molecular weight excluding hydrogens is 208 g/mol. The predicted octanol–water partition coefficient (Wildman–Crippen LogP) is 1.86. The van der Waals surface area contributed by atoms with Crippen LogP contribution in [-0.4, -0.2) is 5.97 Å². The minimum atomic E-state index is -0.472. The first-order valence-electron chi connectivity index (χ1n) is 4.82. The average Bonchev–Trinajstić information content (AvgIpc) is 2.26. The molecule has 4 nitrogen and oxygen atoms in total. The summed E-state index contributed by atoms with van der Waals surface area (Å²) in [4.78, 5) is 22.1. The molecule has 0 spiro atoms. The fourth-order valence-corrected chi connectivity index (χ4v) is 1.38. The van der Waals surface area contributed by atoms with Gasteiger partial charge in [-0.1, -0.05) is 18.2 Å². The molecule has 0 unspecified atom stereocenters. The molecule has 0 radical (unpaired) electrons. The number of benzene rings is 1. The van der Waals surface area contributed by atoms with Gasteiger partial charge in [-0.05, 0) is 12.1 Å². The normalized spacial score (nSPS) is 10.3. The zero-order valence-electron chi connectivity index (χ0n) is 8.73. The molecule has 1 aromatic heterocycles. The lowest BCUT2D eigenvalue weighted by atomic mass is 10.2. The zero-order valence-corrected chi connectivity index (χ0v) is 8.73. The molecule has 2 rings (SSSR count). The Kier molecular flexibility index (Phi) is 2.72. The average molecular weight is 218 g/mol. The van der Waals surface area contributed by atoms with Gasteiger partial charge in [0.1, 0.15) is 12.2 Å². The molecule has 82 valence electrons. The van der Waals surface area contributed by atoms with Crippen molar-refractivity contribution in [1.29, 1.82) is 0 Å². The maximum atomic E-state index is 11.5. The van der Waals surface area contributed by atoms with Gasteiger partial charge in [0, 0.05) is 12.3 Å². The Morgan fingerprint density at radius 1 is 1.38 bits per heavy atom. The molecule has 0 saturated heterocycles. The summed E-state index contributed by atoms with van der Waals surface area (Å²) in [6.45, 7) is 1.24. The van der Waals surface area contributed by atoms with E-state index in [1.54, 1.807) is 18.2 Å². The minimum absolute atomic E-state index is 0.0531. The van der Waals surface area contributed by atoms with Gasteiger partial charge in [0.15, 0.2) is 0 Å². The van der Waals surface area contributed by atoms with Gasteiger partial charge >= 0.3 is 11.6 Å². The van der Waals surface area contributed by atoms with Crippen molar-refractivity contribution in [1.82, 2.24) is 0 Å². The Bertz CT molecular complexity index is 583. The van der Waals surface area contributed by atoms with Crippen LogP contribution in [0, 0.1) is 0 Å². The monoisotopic (exact) mass is 218 g/mol. The predicted molar refractivity (Wildman–Crippen MR) is 58.0 cm³/mol. The Labute approximate surface area is 91.4 Å². The molecule has 0 aliphatic carbocycles. The second-order valence-corrected chi connectivity index (χ2v) is 3.38. The van der Waals surface area contributed by atoms with E-state index in [2.05, 4.69) is 0 Å². The standard InChI is InChI=1S/C12H10O4/c1-8(13)15-7-10-6-9-4-2-3-5-11(9)16-12(10)14/h2-6H,7H2,1H3. The Morgan fingerprint density at radius 3 is 2.88 bits per heavy atom. The Hall–Kier alpha value is -2.10. The van der Waals surface area contributed by atoms with Gasteiger partial charge in [0.2, 0.25) is 0 Å². The molecule has 1 heterocycles. The van der Waals surface area contributed by atoms with Crippen molar-refractivity contribution in [3.8, 4) is 0 Å². The molecular formula is C12H10O4. The van der Waals surface area contributed by atoms with E-state index in [0.29, 0.717) is 11.1 Å². The summed E-state index contributed by atoms with van der Waals surface area (Å²) >= 11 is 0. The van der Waals surface area contributed by atoms with Crippen LogP contribution in [0.2, 0.25) is 0 Å². The van der Waals surface area contributed by atoms with Gasteiger partial charge in [0.25, 0.3) is 0 Å². The topological polar surface area (TPSA) is 56.5 Å². The number of carbonyl (C=O) groups is 1. The largest absolute Gasteiger partial charge is 0.461 e. The van der Waals surface area contributed by atoms with Gasteiger partial charge in [-0.3, -0.25) is 4.79 Å². The van der Waals surface area contributed by atoms with E-state index >= 15 is 0 Å². The second kappa shape index (κ2) is 4.18. The van der Waals surface area contributed by atoms with E-state index < -0.39 is 11.6 Å². The second-order valence-electron chi connectivity index (χ2n) is 3.38. The summed E-state index contributed by atoms with van der Waals surface area (Å²) in [5, 5.41) is 0.809. The Balaban J connectivity index is 2.42. The number of hydrogen-bond donors (Lipinski definition) is 0. The third kappa shape index (κ3) is 2.11. The molecule has 0 N–H and O–H groups in total. The molecule has 0 aliphatic rings. The maximum Gasteiger partial charge on any atom is 0.342 e. The molecule has 0 amide bonds. The molecule has 4 heteroatoms. The van der Waals surface area contributed by atoms with Crippen LogP contribution >= 0.6 is 0 Å². The van der Waals surface area contributed by atoms with Crippen LogP contribution < -0.4 is 5.63 Å². The van der Waals surface area contributed by atoms with Crippen molar-refractivity contribution in [2.24, 2.45) is 0 Å². The lowest BCUT2D eigenvalue weighted by molar-refractivity contribution is -0.142. The van der Waals surface area contributed by atoms with Gasteiger partial charge in [-0.2, -0.15) is 0 Å². The van der Waals surface area contributed by atoms with Crippen LogP contribution in [0.3, 0.4) is 0 Å². The molecule has 16 heavy (non-hydrogen) atoms. The van der Waals surface area contributed by atoms with Gasteiger partial charge in [-0.15, -0.1) is 0 Å². The third-order valence-corrected chi connectivity index (χ3v) is 2.14. The first-order chi connectivity index (χ1) is 7.66. The minimum Gasteiger partial charge on any atom is -0.461 e. The summed E-state index contributed by atoms with van der Waals surface area (Å²) in [5.74, 6) is -0.424. The number of fused-ring (bicyclic) bond motifs is 1. The van der Waals surface area contributed by atoms with Crippen molar-refractivity contribution in [3.05, 3.63) is 46.3 Å². The fraction of sp³-hybridized carbons (Fsp3) is 0.167. The quantitative estimate of drug-likeness (QED) is 0.570. The molecule has 0 bridgehead atoms. The highest BCUT2D eigenvalue weighted by atomic mass is 16.5. The van der Waals surface area contributed by atoms with E-state index in [0.717, 1.165) is 5.39 Å². The fourth-order valence-electron chi connectivity index (χ4n) is 1.38. The highest BCUT2D eigenvalue weighted by Crippen LogP contribution is 2.12. The zero-order chi connectivity index (χ0) is 11.5. The van der Waals surface area contributed by atoms with Gasteiger partial charge in [0.05, 0.1) is 5.56 Å². The lowest BCUT2D eigenvalue weighted by Crippen LogP contribution is -2.10. The van der Waals surface area contributed by atoms with Crippen molar-refractivity contribution in [3.63, 3.8) is 0 Å². The first kappa shape index (κ1) is 10.4.